The highest BCUT2D eigenvalue weighted by Gasteiger charge is 2.20. The van der Waals surface area contributed by atoms with Crippen molar-refractivity contribution in [2.45, 2.75) is 0 Å². The molecule has 0 atom stereocenters. The van der Waals surface area contributed by atoms with Crippen LogP contribution in [-0.4, -0.2) is 0 Å². The quantitative estimate of drug-likeness (QED) is 0.213. The van der Waals surface area contributed by atoms with Crippen molar-refractivity contribution in [3.8, 4) is 44.5 Å². The Kier molecular flexibility index (Phi) is 5.54. The summed E-state index contributed by atoms with van der Waals surface area (Å²) in [5, 5.41) is 4.35. The molecular weight excluding hydrogens is 536 g/mol. The van der Waals surface area contributed by atoms with E-state index in [1.165, 1.54) is 11.1 Å². The first kappa shape index (κ1) is 24.7. The highest BCUT2D eigenvalue weighted by Crippen LogP contribution is 2.44. The molecule has 2 aromatic heterocycles. The van der Waals surface area contributed by atoms with Gasteiger partial charge in [-0.25, -0.2) is 0 Å². The number of benzene rings is 7. The van der Waals surface area contributed by atoms with E-state index in [9.17, 15) is 0 Å². The van der Waals surface area contributed by atoms with Crippen LogP contribution in [0.3, 0.4) is 0 Å². The fourth-order valence-corrected chi connectivity index (χ4v) is 6.51. The predicted molar refractivity (Wildman–Crippen MR) is 183 cm³/mol. The predicted octanol–water partition coefficient (Wildman–Crippen LogP) is 12.2. The molecule has 0 bridgehead atoms. The lowest BCUT2D eigenvalue weighted by Gasteiger charge is -2.08. The molecule has 0 saturated heterocycles. The molecule has 2 heterocycles. The number of fused-ring (bicyclic) bond motifs is 6. The van der Waals surface area contributed by atoms with E-state index in [1.54, 1.807) is 0 Å². The second-order valence-corrected chi connectivity index (χ2v) is 11.3. The van der Waals surface area contributed by atoms with Crippen LogP contribution >= 0.6 is 0 Å². The van der Waals surface area contributed by atoms with E-state index in [-0.39, 0.29) is 0 Å². The molecule has 0 N–H and O–H groups in total. The maximum atomic E-state index is 6.68. The Bertz CT molecular complexity index is 2280. The van der Waals surface area contributed by atoms with Gasteiger partial charge in [0.05, 0.1) is 0 Å². The third kappa shape index (κ3) is 3.96. The van der Waals surface area contributed by atoms with E-state index in [0.717, 1.165) is 77.3 Å². The number of hydrogen-bond donors (Lipinski definition) is 0. The van der Waals surface area contributed by atoms with E-state index >= 15 is 0 Å². The summed E-state index contributed by atoms with van der Waals surface area (Å²) in [4.78, 5) is 0. The molecule has 206 valence electrons. The van der Waals surface area contributed by atoms with Gasteiger partial charge in [-0.1, -0.05) is 121 Å². The number of rotatable bonds is 4. The van der Waals surface area contributed by atoms with Crippen LogP contribution in [-0.2, 0) is 0 Å². The molecule has 0 unspecified atom stereocenters. The monoisotopic (exact) mass is 562 g/mol. The van der Waals surface area contributed by atoms with Gasteiger partial charge in [0.2, 0.25) is 0 Å². The fourth-order valence-electron chi connectivity index (χ4n) is 6.51. The molecule has 2 nitrogen and oxygen atoms in total. The van der Waals surface area contributed by atoms with Crippen LogP contribution in [0.15, 0.2) is 167 Å². The molecule has 0 amide bonds. The summed E-state index contributed by atoms with van der Waals surface area (Å²) in [7, 11) is 0. The topological polar surface area (TPSA) is 26.3 Å². The molecule has 0 fully saturated rings. The van der Waals surface area contributed by atoms with Crippen molar-refractivity contribution in [2.75, 3.05) is 0 Å². The van der Waals surface area contributed by atoms with Crippen LogP contribution in [0, 0.1) is 0 Å². The lowest BCUT2D eigenvalue weighted by atomic mass is 9.94. The van der Waals surface area contributed by atoms with E-state index < -0.39 is 0 Å². The zero-order chi connectivity index (χ0) is 29.0. The van der Waals surface area contributed by atoms with E-state index in [1.807, 2.05) is 12.1 Å². The van der Waals surface area contributed by atoms with E-state index in [0.29, 0.717) is 0 Å². The second-order valence-electron chi connectivity index (χ2n) is 11.3. The van der Waals surface area contributed by atoms with Crippen molar-refractivity contribution < 1.29 is 8.83 Å². The van der Waals surface area contributed by atoms with E-state index in [4.69, 9.17) is 8.83 Å². The standard InChI is InChI=1S/C42H26O2/c1-5-13-27(14-6-1)31-21-33(29-17-9-3-10-18-29)41-37(23-31)35-25-36-38-24-32(28-15-7-2-8-16-28)22-34(30-19-11-4-12-20-30)42(38)44-40(36)26-39(35)43-41/h1-26H. The molecule has 7 aromatic carbocycles. The Morgan fingerprint density at radius 3 is 1.02 bits per heavy atom. The molecular formula is C42H26O2. The van der Waals surface area contributed by atoms with Gasteiger partial charge in [0.25, 0.3) is 0 Å². The van der Waals surface area contributed by atoms with Gasteiger partial charge in [-0.3, -0.25) is 0 Å². The lowest BCUT2D eigenvalue weighted by molar-refractivity contribution is 0.657. The molecule has 2 heteroatoms. The summed E-state index contributed by atoms with van der Waals surface area (Å²) in [6.45, 7) is 0. The molecule has 9 rings (SSSR count). The number of hydrogen-bond acceptors (Lipinski definition) is 2. The van der Waals surface area contributed by atoms with Gasteiger partial charge in [0.1, 0.15) is 22.3 Å². The SMILES string of the molecule is c1ccc(-c2cc(-c3ccccc3)c3oc4cc5oc6c(-c7ccccc7)cc(-c7ccccc7)cc6c5cc4c3c2)cc1. The molecule has 0 aliphatic carbocycles. The van der Waals surface area contributed by atoms with Crippen molar-refractivity contribution in [3.63, 3.8) is 0 Å². The Morgan fingerprint density at radius 2 is 0.636 bits per heavy atom. The third-order valence-electron chi connectivity index (χ3n) is 8.65. The summed E-state index contributed by atoms with van der Waals surface area (Å²) in [5.74, 6) is 0. The molecule has 0 spiro atoms. The van der Waals surface area contributed by atoms with Crippen LogP contribution in [0.2, 0.25) is 0 Å². The van der Waals surface area contributed by atoms with Crippen LogP contribution in [0.25, 0.3) is 88.4 Å². The van der Waals surface area contributed by atoms with Gasteiger partial charge in [-0.15, -0.1) is 0 Å². The third-order valence-corrected chi connectivity index (χ3v) is 8.65. The zero-order valence-corrected chi connectivity index (χ0v) is 23.8. The smallest absolute Gasteiger partial charge is 0.143 e. The Labute approximate surface area is 254 Å². The average molecular weight is 563 g/mol. The molecule has 0 aliphatic heterocycles. The summed E-state index contributed by atoms with van der Waals surface area (Å²) < 4.78 is 13.4. The van der Waals surface area contributed by atoms with Gasteiger partial charge in [0, 0.05) is 38.7 Å². The highest BCUT2D eigenvalue weighted by atomic mass is 16.3. The lowest BCUT2D eigenvalue weighted by Crippen LogP contribution is -1.83. The van der Waals surface area contributed by atoms with Gasteiger partial charge in [0.15, 0.2) is 0 Å². The average Bonchev–Trinajstić information content (AvgIpc) is 3.65. The minimum Gasteiger partial charge on any atom is -0.455 e. The minimum atomic E-state index is 0.818. The molecule has 44 heavy (non-hydrogen) atoms. The second kappa shape index (κ2) is 9.86. The van der Waals surface area contributed by atoms with E-state index in [2.05, 4.69) is 146 Å². The molecule has 0 aliphatic rings. The summed E-state index contributed by atoms with van der Waals surface area (Å²) in [5.41, 5.74) is 12.5. The van der Waals surface area contributed by atoms with Crippen molar-refractivity contribution in [1.29, 1.82) is 0 Å². The summed E-state index contributed by atoms with van der Waals surface area (Å²) in [6.07, 6.45) is 0. The Balaban J connectivity index is 1.36. The van der Waals surface area contributed by atoms with Crippen LogP contribution < -0.4 is 0 Å². The highest BCUT2D eigenvalue weighted by molar-refractivity contribution is 6.19. The van der Waals surface area contributed by atoms with Gasteiger partial charge in [-0.05, 0) is 63.7 Å². The number of furan rings is 2. The fraction of sp³-hybridized carbons (Fsp3) is 0. The molecule has 0 radical (unpaired) electrons. The van der Waals surface area contributed by atoms with Crippen molar-refractivity contribution in [2.24, 2.45) is 0 Å². The minimum absolute atomic E-state index is 0.818. The first-order chi connectivity index (χ1) is 21.8. The van der Waals surface area contributed by atoms with Crippen LogP contribution in [0.1, 0.15) is 0 Å². The van der Waals surface area contributed by atoms with Gasteiger partial charge in [-0.2, -0.15) is 0 Å². The Hall–Kier alpha value is -5.86. The maximum Gasteiger partial charge on any atom is 0.143 e. The van der Waals surface area contributed by atoms with Gasteiger partial charge < -0.3 is 8.83 Å². The van der Waals surface area contributed by atoms with Crippen LogP contribution in [0.5, 0.6) is 0 Å². The summed E-state index contributed by atoms with van der Waals surface area (Å²) in [6, 6.07) is 55.4. The molecule has 9 aromatic rings. The maximum absolute atomic E-state index is 6.68. The zero-order valence-electron chi connectivity index (χ0n) is 23.8. The first-order valence-corrected chi connectivity index (χ1v) is 14.9. The van der Waals surface area contributed by atoms with Crippen molar-refractivity contribution in [3.05, 3.63) is 158 Å². The normalized spacial score (nSPS) is 11.6. The first-order valence-electron chi connectivity index (χ1n) is 14.9. The summed E-state index contributed by atoms with van der Waals surface area (Å²) >= 11 is 0. The Morgan fingerprint density at radius 1 is 0.273 bits per heavy atom. The van der Waals surface area contributed by atoms with Gasteiger partial charge >= 0.3 is 0 Å². The molecule has 0 saturated carbocycles. The van der Waals surface area contributed by atoms with Crippen LogP contribution in [0.4, 0.5) is 0 Å². The van der Waals surface area contributed by atoms with Crippen molar-refractivity contribution in [1.82, 2.24) is 0 Å². The van der Waals surface area contributed by atoms with Crippen molar-refractivity contribution >= 4 is 43.9 Å². The largest absolute Gasteiger partial charge is 0.455 e.